The van der Waals surface area contributed by atoms with E-state index in [2.05, 4.69) is 15.4 Å². The fourth-order valence-corrected chi connectivity index (χ4v) is 3.05. The van der Waals surface area contributed by atoms with Gasteiger partial charge in [-0.3, -0.25) is 14.2 Å². The molecule has 1 aliphatic carbocycles. The molecule has 1 atom stereocenters. The first-order valence-electron chi connectivity index (χ1n) is 7.72. The van der Waals surface area contributed by atoms with Gasteiger partial charge in [0.1, 0.15) is 0 Å². The lowest BCUT2D eigenvalue weighted by Gasteiger charge is -2.26. The summed E-state index contributed by atoms with van der Waals surface area (Å²) in [5.41, 5.74) is 3.20. The van der Waals surface area contributed by atoms with E-state index in [4.69, 9.17) is 0 Å². The van der Waals surface area contributed by atoms with Crippen molar-refractivity contribution in [2.75, 3.05) is 7.05 Å². The molecule has 2 aromatic rings. The average molecular weight is 302 g/mol. The standard InChI is InChI=1S/C15H22N6O/c1-4-21-10-11(8-16-21)9-19(2)15(22)12-5-6-13-14(7-12)20(3)18-17-13/h8,10,12H,4-7,9H2,1-3H3. The highest BCUT2D eigenvalue weighted by Gasteiger charge is 2.29. The van der Waals surface area contributed by atoms with Gasteiger partial charge in [0.05, 0.1) is 17.6 Å². The maximum Gasteiger partial charge on any atom is 0.226 e. The fourth-order valence-electron chi connectivity index (χ4n) is 3.05. The minimum Gasteiger partial charge on any atom is -0.341 e. The third-order valence-corrected chi connectivity index (χ3v) is 4.35. The second-order valence-electron chi connectivity index (χ2n) is 5.94. The van der Waals surface area contributed by atoms with Gasteiger partial charge in [0.2, 0.25) is 5.91 Å². The molecule has 0 radical (unpaired) electrons. The molecule has 0 saturated heterocycles. The van der Waals surface area contributed by atoms with Crippen LogP contribution in [0.4, 0.5) is 0 Å². The lowest BCUT2D eigenvalue weighted by atomic mass is 9.88. The van der Waals surface area contributed by atoms with Crippen LogP contribution in [-0.4, -0.2) is 42.6 Å². The van der Waals surface area contributed by atoms with Crippen LogP contribution >= 0.6 is 0 Å². The van der Waals surface area contributed by atoms with Gasteiger partial charge in [-0.15, -0.1) is 5.10 Å². The third kappa shape index (κ3) is 2.75. The molecule has 0 aliphatic heterocycles. The van der Waals surface area contributed by atoms with Crippen molar-refractivity contribution in [3.63, 3.8) is 0 Å². The maximum atomic E-state index is 12.7. The third-order valence-electron chi connectivity index (χ3n) is 4.35. The summed E-state index contributed by atoms with van der Waals surface area (Å²) in [5, 5.41) is 12.5. The molecule has 1 amide bonds. The van der Waals surface area contributed by atoms with E-state index in [1.165, 1.54) is 0 Å². The van der Waals surface area contributed by atoms with Crippen molar-refractivity contribution in [1.29, 1.82) is 0 Å². The number of nitrogens with zero attached hydrogens (tertiary/aromatic N) is 6. The van der Waals surface area contributed by atoms with Crippen LogP contribution in [0.5, 0.6) is 0 Å². The SMILES string of the molecule is CCn1cc(CN(C)C(=O)C2CCc3nnn(C)c3C2)cn1. The molecular weight excluding hydrogens is 280 g/mol. The second-order valence-corrected chi connectivity index (χ2v) is 5.94. The van der Waals surface area contributed by atoms with Crippen LogP contribution in [0.3, 0.4) is 0 Å². The molecule has 0 N–H and O–H groups in total. The second kappa shape index (κ2) is 5.90. The van der Waals surface area contributed by atoms with E-state index in [0.717, 1.165) is 42.8 Å². The molecule has 3 rings (SSSR count). The van der Waals surface area contributed by atoms with Gasteiger partial charge in [-0.05, 0) is 19.8 Å². The molecule has 7 heteroatoms. The Morgan fingerprint density at radius 1 is 1.50 bits per heavy atom. The Morgan fingerprint density at radius 2 is 2.32 bits per heavy atom. The van der Waals surface area contributed by atoms with Crippen molar-refractivity contribution in [2.45, 2.75) is 39.3 Å². The van der Waals surface area contributed by atoms with Crippen LogP contribution < -0.4 is 0 Å². The van der Waals surface area contributed by atoms with Crippen molar-refractivity contribution in [2.24, 2.45) is 13.0 Å². The van der Waals surface area contributed by atoms with Crippen molar-refractivity contribution < 1.29 is 4.79 Å². The van der Waals surface area contributed by atoms with Gasteiger partial charge in [0.25, 0.3) is 0 Å². The molecule has 2 aromatic heterocycles. The zero-order valence-corrected chi connectivity index (χ0v) is 13.4. The van der Waals surface area contributed by atoms with Crippen LogP contribution in [0.1, 0.15) is 30.3 Å². The normalized spacial score (nSPS) is 17.3. The molecule has 0 saturated carbocycles. The zero-order valence-electron chi connectivity index (χ0n) is 13.4. The number of hydrogen-bond donors (Lipinski definition) is 0. The first-order valence-corrected chi connectivity index (χ1v) is 7.72. The average Bonchev–Trinajstić information content (AvgIpc) is 3.13. The van der Waals surface area contributed by atoms with Gasteiger partial charge >= 0.3 is 0 Å². The van der Waals surface area contributed by atoms with E-state index in [1.54, 1.807) is 9.58 Å². The smallest absolute Gasteiger partial charge is 0.226 e. The molecule has 22 heavy (non-hydrogen) atoms. The molecule has 0 aromatic carbocycles. The van der Waals surface area contributed by atoms with Gasteiger partial charge in [0.15, 0.2) is 0 Å². The molecule has 0 spiro atoms. The van der Waals surface area contributed by atoms with Gasteiger partial charge in [-0.2, -0.15) is 5.10 Å². The Bertz CT molecular complexity index is 673. The van der Waals surface area contributed by atoms with Gasteiger partial charge in [0, 0.05) is 51.3 Å². The Kier molecular flexibility index (Phi) is 3.96. The van der Waals surface area contributed by atoms with Gasteiger partial charge < -0.3 is 4.90 Å². The molecule has 2 heterocycles. The highest BCUT2D eigenvalue weighted by molar-refractivity contribution is 5.79. The first kappa shape index (κ1) is 14.7. The van der Waals surface area contributed by atoms with E-state index < -0.39 is 0 Å². The first-order chi connectivity index (χ1) is 10.6. The number of carbonyl (C=O) groups is 1. The number of carbonyl (C=O) groups excluding carboxylic acids is 1. The predicted octanol–water partition coefficient (Wildman–Crippen LogP) is 0.795. The summed E-state index contributed by atoms with van der Waals surface area (Å²) in [4.78, 5) is 14.5. The van der Waals surface area contributed by atoms with Crippen LogP contribution in [0.25, 0.3) is 0 Å². The van der Waals surface area contributed by atoms with E-state index in [1.807, 2.05) is 38.1 Å². The van der Waals surface area contributed by atoms with Gasteiger partial charge in [-0.1, -0.05) is 5.21 Å². The number of fused-ring (bicyclic) bond motifs is 1. The molecular formula is C15H22N6O. The van der Waals surface area contributed by atoms with E-state index in [0.29, 0.717) is 6.54 Å². The van der Waals surface area contributed by atoms with Crippen molar-refractivity contribution in [3.05, 3.63) is 29.3 Å². The van der Waals surface area contributed by atoms with Crippen molar-refractivity contribution in [3.8, 4) is 0 Å². The maximum absolute atomic E-state index is 12.7. The van der Waals surface area contributed by atoms with Crippen LogP contribution in [0.15, 0.2) is 12.4 Å². The Hall–Kier alpha value is -2.18. The molecule has 7 nitrogen and oxygen atoms in total. The topological polar surface area (TPSA) is 68.8 Å². The predicted molar refractivity (Wildman–Crippen MR) is 80.9 cm³/mol. The molecule has 118 valence electrons. The summed E-state index contributed by atoms with van der Waals surface area (Å²) < 4.78 is 3.67. The number of amides is 1. The van der Waals surface area contributed by atoms with E-state index in [-0.39, 0.29) is 11.8 Å². The Labute approximate surface area is 129 Å². The number of aromatic nitrogens is 5. The van der Waals surface area contributed by atoms with Crippen molar-refractivity contribution in [1.82, 2.24) is 29.7 Å². The van der Waals surface area contributed by atoms with E-state index >= 15 is 0 Å². The number of aryl methyl sites for hydroxylation is 3. The molecule has 1 unspecified atom stereocenters. The lowest BCUT2D eigenvalue weighted by molar-refractivity contribution is -0.135. The summed E-state index contributed by atoms with van der Waals surface area (Å²) in [6, 6.07) is 0. The molecule has 1 aliphatic rings. The quantitative estimate of drug-likeness (QED) is 0.837. The highest BCUT2D eigenvalue weighted by atomic mass is 16.2. The summed E-state index contributed by atoms with van der Waals surface area (Å²) in [6.07, 6.45) is 6.24. The fraction of sp³-hybridized carbons (Fsp3) is 0.600. The number of rotatable bonds is 4. The van der Waals surface area contributed by atoms with Gasteiger partial charge in [-0.25, -0.2) is 0 Å². The number of hydrogen-bond acceptors (Lipinski definition) is 4. The molecule has 0 fully saturated rings. The monoisotopic (exact) mass is 302 g/mol. The van der Waals surface area contributed by atoms with Crippen LogP contribution in [0.2, 0.25) is 0 Å². The van der Waals surface area contributed by atoms with Crippen LogP contribution in [-0.2, 0) is 37.8 Å². The summed E-state index contributed by atoms with van der Waals surface area (Å²) in [6.45, 7) is 3.50. The minimum atomic E-state index is 0.0240. The Morgan fingerprint density at radius 3 is 3.05 bits per heavy atom. The van der Waals surface area contributed by atoms with E-state index in [9.17, 15) is 4.79 Å². The minimum absolute atomic E-state index is 0.0240. The lowest BCUT2D eigenvalue weighted by Crippen LogP contribution is -2.35. The summed E-state index contributed by atoms with van der Waals surface area (Å²) >= 11 is 0. The van der Waals surface area contributed by atoms with Crippen molar-refractivity contribution >= 4 is 5.91 Å². The molecule has 0 bridgehead atoms. The zero-order chi connectivity index (χ0) is 15.7. The summed E-state index contributed by atoms with van der Waals surface area (Å²) in [7, 11) is 3.75. The summed E-state index contributed by atoms with van der Waals surface area (Å²) in [5.74, 6) is 0.215. The highest BCUT2D eigenvalue weighted by Crippen LogP contribution is 2.25. The largest absolute Gasteiger partial charge is 0.341 e. The Balaban J connectivity index is 1.65. The van der Waals surface area contributed by atoms with Crippen LogP contribution in [0, 0.1) is 5.92 Å².